The fourth-order valence-electron chi connectivity index (χ4n) is 1.68. The van der Waals surface area contributed by atoms with E-state index in [1.807, 2.05) is 49.4 Å². The number of aryl methyl sites for hydroxylation is 1. The normalized spacial score (nSPS) is 10.2. The van der Waals surface area contributed by atoms with Gasteiger partial charge in [-0.2, -0.15) is 0 Å². The van der Waals surface area contributed by atoms with Crippen molar-refractivity contribution in [2.75, 3.05) is 12.3 Å². The first-order valence-electron chi connectivity index (χ1n) is 6.46. The molecule has 0 aromatic heterocycles. The Labute approximate surface area is 114 Å². The summed E-state index contributed by atoms with van der Waals surface area (Å²) in [5.74, 6) is 2.06. The van der Waals surface area contributed by atoms with Crippen molar-refractivity contribution in [3.05, 3.63) is 48.0 Å². The van der Waals surface area contributed by atoms with E-state index in [-0.39, 0.29) is 0 Å². The topological polar surface area (TPSA) is 44.5 Å². The summed E-state index contributed by atoms with van der Waals surface area (Å²) in [5.41, 5.74) is 7.79. The van der Waals surface area contributed by atoms with Crippen LogP contribution in [0.4, 0.5) is 5.69 Å². The van der Waals surface area contributed by atoms with Gasteiger partial charge < -0.3 is 15.2 Å². The van der Waals surface area contributed by atoms with Crippen LogP contribution in [0.1, 0.15) is 18.9 Å². The van der Waals surface area contributed by atoms with Crippen molar-refractivity contribution in [3.8, 4) is 17.2 Å². The zero-order chi connectivity index (χ0) is 13.7. The van der Waals surface area contributed by atoms with Crippen LogP contribution in [0.25, 0.3) is 0 Å². The quantitative estimate of drug-likeness (QED) is 0.818. The summed E-state index contributed by atoms with van der Waals surface area (Å²) in [7, 11) is 0. The fourth-order valence-corrected chi connectivity index (χ4v) is 1.68. The second-order valence-corrected chi connectivity index (χ2v) is 4.43. The Bertz CT molecular complexity index is 535. The lowest BCUT2D eigenvalue weighted by atomic mass is 10.2. The van der Waals surface area contributed by atoms with E-state index in [4.69, 9.17) is 15.2 Å². The van der Waals surface area contributed by atoms with Crippen LogP contribution < -0.4 is 15.2 Å². The Morgan fingerprint density at radius 2 is 1.68 bits per heavy atom. The predicted octanol–water partition coefficient (Wildman–Crippen LogP) is 4.16. The number of nitrogens with two attached hydrogens (primary N) is 1. The lowest BCUT2D eigenvalue weighted by Gasteiger charge is -2.12. The highest BCUT2D eigenvalue weighted by Crippen LogP contribution is 2.34. The van der Waals surface area contributed by atoms with Gasteiger partial charge in [0.25, 0.3) is 0 Å². The summed E-state index contributed by atoms with van der Waals surface area (Å²) in [4.78, 5) is 0. The van der Waals surface area contributed by atoms with Crippen molar-refractivity contribution in [2.45, 2.75) is 20.3 Å². The smallest absolute Gasteiger partial charge is 0.154 e. The third kappa shape index (κ3) is 3.41. The van der Waals surface area contributed by atoms with Crippen LogP contribution in [0.5, 0.6) is 17.2 Å². The third-order valence-electron chi connectivity index (χ3n) is 2.74. The van der Waals surface area contributed by atoms with E-state index < -0.39 is 0 Å². The molecule has 0 bridgehead atoms. The van der Waals surface area contributed by atoms with Crippen LogP contribution in [0.3, 0.4) is 0 Å². The van der Waals surface area contributed by atoms with E-state index in [2.05, 4.69) is 6.92 Å². The van der Waals surface area contributed by atoms with Gasteiger partial charge in [-0.15, -0.1) is 0 Å². The molecule has 0 saturated heterocycles. The van der Waals surface area contributed by atoms with E-state index in [9.17, 15) is 0 Å². The van der Waals surface area contributed by atoms with E-state index in [0.717, 1.165) is 12.2 Å². The number of nitrogen functional groups attached to an aromatic ring is 1. The molecule has 0 amide bonds. The van der Waals surface area contributed by atoms with Crippen LogP contribution in [0, 0.1) is 6.92 Å². The highest BCUT2D eigenvalue weighted by atomic mass is 16.5. The minimum Gasteiger partial charge on any atom is -0.491 e. The van der Waals surface area contributed by atoms with Gasteiger partial charge in [-0.3, -0.25) is 0 Å². The summed E-state index contributed by atoms with van der Waals surface area (Å²) in [5, 5.41) is 0. The van der Waals surface area contributed by atoms with Gasteiger partial charge >= 0.3 is 0 Å². The molecular weight excluding hydrogens is 238 g/mol. The first kappa shape index (κ1) is 13.3. The third-order valence-corrected chi connectivity index (χ3v) is 2.74. The SMILES string of the molecule is CCCOc1cccc(Oc2ccc(C)cc2)c1N. The molecule has 2 aromatic carbocycles. The average molecular weight is 257 g/mol. The lowest BCUT2D eigenvalue weighted by molar-refractivity contribution is 0.318. The van der Waals surface area contributed by atoms with Gasteiger partial charge in [0.1, 0.15) is 17.2 Å². The van der Waals surface area contributed by atoms with Gasteiger partial charge in [-0.05, 0) is 37.6 Å². The van der Waals surface area contributed by atoms with Crippen LogP contribution >= 0.6 is 0 Å². The molecule has 100 valence electrons. The summed E-state index contributed by atoms with van der Waals surface area (Å²) >= 11 is 0. The number of benzene rings is 2. The molecule has 0 spiro atoms. The maximum absolute atomic E-state index is 6.05. The predicted molar refractivity (Wildman–Crippen MR) is 77.9 cm³/mol. The molecule has 0 atom stereocenters. The number of rotatable bonds is 5. The Hall–Kier alpha value is -2.16. The van der Waals surface area contributed by atoms with Crippen molar-refractivity contribution in [3.63, 3.8) is 0 Å². The van der Waals surface area contributed by atoms with Gasteiger partial charge in [0.2, 0.25) is 0 Å². The first-order valence-corrected chi connectivity index (χ1v) is 6.46. The van der Waals surface area contributed by atoms with E-state index in [0.29, 0.717) is 23.8 Å². The molecule has 0 aliphatic heterocycles. The molecule has 0 radical (unpaired) electrons. The van der Waals surface area contributed by atoms with Crippen LogP contribution in [-0.4, -0.2) is 6.61 Å². The Balaban J connectivity index is 2.18. The second kappa shape index (κ2) is 6.14. The lowest BCUT2D eigenvalue weighted by Crippen LogP contribution is -2.00. The Morgan fingerprint density at radius 1 is 1.00 bits per heavy atom. The number of para-hydroxylation sites is 1. The minimum atomic E-state index is 0.538. The molecule has 0 heterocycles. The monoisotopic (exact) mass is 257 g/mol. The first-order chi connectivity index (χ1) is 9.20. The van der Waals surface area contributed by atoms with E-state index >= 15 is 0 Å². The minimum absolute atomic E-state index is 0.538. The summed E-state index contributed by atoms with van der Waals surface area (Å²) in [6.07, 6.45) is 0.947. The maximum atomic E-state index is 6.05. The summed E-state index contributed by atoms with van der Waals surface area (Å²) in [6.45, 7) is 4.75. The van der Waals surface area contributed by atoms with Crippen molar-refractivity contribution in [1.29, 1.82) is 0 Å². The average Bonchev–Trinajstić information content (AvgIpc) is 2.42. The molecule has 2 aromatic rings. The van der Waals surface area contributed by atoms with Crippen molar-refractivity contribution < 1.29 is 9.47 Å². The molecule has 0 unspecified atom stereocenters. The largest absolute Gasteiger partial charge is 0.491 e. The van der Waals surface area contributed by atoms with Gasteiger partial charge in [-0.25, -0.2) is 0 Å². The molecular formula is C16H19NO2. The van der Waals surface area contributed by atoms with Crippen LogP contribution in [-0.2, 0) is 0 Å². The maximum Gasteiger partial charge on any atom is 0.154 e. The number of hydrogen-bond donors (Lipinski definition) is 1. The number of anilines is 1. The number of ether oxygens (including phenoxy) is 2. The fraction of sp³-hybridized carbons (Fsp3) is 0.250. The molecule has 2 N–H and O–H groups in total. The Kier molecular flexibility index (Phi) is 4.29. The summed E-state index contributed by atoms with van der Waals surface area (Å²) in [6, 6.07) is 13.4. The summed E-state index contributed by atoms with van der Waals surface area (Å²) < 4.78 is 11.4. The van der Waals surface area contributed by atoms with Crippen molar-refractivity contribution in [1.82, 2.24) is 0 Å². The second-order valence-electron chi connectivity index (χ2n) is 4.43. The highest BCUT2D eigenvalue weighted by Gasteiger charge is 2.07. The Morgan fingerprint density at radius 3 is 2.37 bits per heavy atom. The van der Waals surface area contributed by atoms with Gasteiger partial charge in [0.15, 0.2) is 5.75 Å². The van der Waals surface area contributed by atoms with Crippen molar-refractivity contribution in [2.24, 2.45) is 0 Å². The molecule has 3 heteroatoms. The van der Waals surface area contributed by atoms with Crippen LogP contribution in [0.2, 0.25) is 0 Å². The van der Waals surface area contributed by atoms with Gasteiger partial charge in [-0.1, -0.05) is 30.7 Å². The van der Waals surface area contributed by atoms with Gasteiger partial charge in [0, 0.05) is 0 Å². The molecule has 19 heavy (non-hydrogen) atoms. The molecule has 3 nitrogen and oxygen atoms in total. The molecule has 0 aliphatic carbocycles. The molecule has 0 fully saturated rings. The van der Waals surface area contributed by atoms with Crippen molar-refractivity contribution >= 4 is 5.69 Å². The molecule has 0 saturated carbocycles. The van der Waals surface area contributed by atoms with E-state index in [1.54, 1.807) is 0 Å². The standard InChI is InChI=1S/C16H19NO2/c1-3-11-18-14-5-4-6-15(16(14)17)19-13-9-7-12(2)8-10-13/h4-10H,3,11,17H2,1-2H3. The zero-order valence-corrected chi connectivity index (χ0v) is 11.3. The highest BCUT2D eigenvalue weighted by molar-refractivity contribution is 5.63. The number of hydrogen-bond acceptors (Lipinski definition) is 3. The zero-order valence-electron chi connectivity index (χ0n) is 11.3. The van der Waals surface area contributed by atoms with Crippen LogP contribution in [0.15, 0.2) is 42.5 Å². The van der Waals surface area contributed by atoms with Gasteiger partial charge in [0.05, 0.1) is 6.61 Å². The molecule has 2 rings (SSSR count). The van der Waals surface area contributed by atoms with E-state index in [1.165, 1.54) is 5.56 Å². The molecule has 0 aliphatic rings.